The molecule has 0 spiro atoms. The zero-order chi connectivity index (χ0) is 26.7. The topological polar surface area (TPSA) is 29.5 Å². The zero-order valence-corrected chi connectivity index (χ0v) is 22.8. The van der Waals surface area contributed by atoms with E-state index in [1.54, 1.807) is 18.2 Å². The van der Waals surface area contributed by atoms with Gasteiger partial charge in [0.25, 0.3) is 0 Å². The largest absolute Gasteiger partial charge is 0.487 e. The van der Waals surface area contributed by atoms with E-state index >= 15 is 4.39 Å². The minimum absolute atomic E-state index is 0.228. The van der Waals surface area contributed by atoms with Gasteiger partial charge in [0.05, 0.1) is 10.0 Å². The number of hydrogen-bond donors (Lipinski definition) is 0. The van der Waals surface area contributed by atoms with E-state index in [1.165, 1.54) is 11.6 Å². The van der Waals surface area contributed by atoms with Crippen LogP contribution < -0.4 is 4.74 Å². The van der Waals surface area contributed by atoms with Gasteiger partial charge in [-0.3, -0.25) is 4.79 Å². The van der Waals surface area contributed by atoms with Gasteiger partial charge in [0.15, 0.2) is 0 Å². The number of carbonyl (C=O) groups excluding carboxylic acids is 1. The molecule has 0 aliphatic rings. The summed E-state index contributed by atoms with van der Waals surface area (Å²) in [5.74, 6) is 0.0979. The molecule has 37 heavy (non-hydrogen) atoms. The van der Waals surface area contributed by atoms with Crippen molar-refractivity contribution in [2.45, 2.75) is 27.0 Å². The highest BCUT2D eigenvalue weighted by molar-refractivity contribution is 6.36. The molecule has 0 saturated heterocycles. The van der Waals surface area contributed by atoms with E-state index in [4.69, 9.17) is 27.9 Å². The van der Waals surface area contributed by atoms with Crippen LogP contribution in [0, 0.1) is 19.7 Å². The summed E-state index contributed by atoms with van der Waals surface area (Å²) in [6, 6.07) is 20.3. The predicted molar refractivity (Wildman–Crippen MR) is 150 cm³/mol. The first-order chi connectivity index (χ1) is 17.7. The van der Waals surface area contributed by atoms with E-state index in [0.29, 0.717) is 32.5 Å². The maximum absolute atomic E-state index is 15.2. The summed E-state index contributed by atoms with van der Waals surface area (Å²) in [6.07, 6.45) is 0.767. The molecule has 190 valence electrons. The molecule has 0 atom stereocenters. The Kier molecular flexibility index (Phi) is 8.33. The van der Waals surface area contributed by atoms with Gasteiger partial charge in [0, 0.05) is 23.2 Å². The molecule has 0 radical (unpaired) electrons. The average molecular weight is 536 g/mol. The van der Waals surface area contributed by atoms with Crippen LogP contribution in [0.15, 0.2) is 66.7 Å². The third-order valence-corrected chi connectivity index (χ3v) is 7.09. The van der Waals surface area contributed by atoms with Gasteiger partial charge in [-0.1, -0.05) is 65.7 Å². The Morgan fingerprint density at radius 2 is 1.68 bits per heavy atom. The van der Waals surface area contributed by atoms with E-state index in [-0.39, 0.29) is 12.4 Å². The van der Waals surface area contributed by atoms with Gasteiger partial charge in [0.1, 0.15) is 24.5 Å². The summed E-state index contributed by atoms with van der Waals surface area (Å²) in [6.45, 7) is 4.81. The van der Waals surface area contributed by atoms with Crippen molar-refractivity contribution in [3.8, 4) is 28.0 Å². The van der Waals surface area contributed by atoms with Crippen molar-refractivity contribution in [1.29, 1.82) is 0 Å². The SMILES string of the molecule is Cc1cc(OCc2cccc(-c3c(F)ccc(-c4ccc(CN(C)C)cc4)c3Cl)c2C)c(Cl)cc1C=O. The fourth-order valence-electron chi connectivity index (χ4n) is 4.35. The first-order valence-electron chi connectivity index (χ1n) is 11.9. The highest BCUT2D eigenvalue weighted by atomic mass is 35.5. The van der Waals surface area contributed by atoms with E-state index in [9.17, 15) is 4.79 Å². The molecule has 3 nitrogen and oxygen atoms in total. The number of aldehydes is 1. The van der Waals surface area contributed by atoms with Gasteiger partial charge in [-0.2, -0.15) is 0 Å². The Balaban J connectivity index is 1.66. The lowest BCUT2D eigenvalue weighted by molar-refractivity contribution is 0.112. The van der Waals surface area contributed by atoms with E-state index in [2.05, 4.69) is 17.0 Å². The first-order valence-corrected chi connectivity index (χ1v) is 12.6. The summed E-state index contributed by atoms with van der Waals surface area (Å²) < 4.78 is 21.2. The highest BCUT2D eigenvalue weighted by Gasteiger charge is 2.18. The second kappa shape index (κ2) is 11.5. The molecule has 4 aromatic carbocycles. The predicted octanol–water partition coefficient (Wildman–Crippen LogP) is 8.54. The van der Waals surface area contributed by atoms with Crippen LogP contribution in [-0.4, -0.2) is 25.3 Å². The number of hydrogen-bond acceptors (Lipinski definition) is 3. The molecule has 4 aromatic rings. The smallest absolute Gasteiger partial charge is 0.150 e. The molecule has 0 saturated carbocycles. The summed E-state index contributed by atoms with van der Waals surface area (Å²) in [7, 11) is 4.05. The van der Waals surface area contributed by atoms with Crippen LogP contribution in [0.1, 0.15) is 32.6 Å². The summed E-state index contributed by atoms with van der Waals surface area (Å²) >= 11 is 13.2. The quantitative estimate of drug-likeness (QED) is 0.211. The summed E-state index contributed by atoms with van der Waals surface area (Å²) in [4.78, 5) is 13.3. The van der Waals surface area contributed by atoms with E-state index < -0.39 is 0 Å². The monoisotopic (exact) mass is 535 g/mol. The molecular weight excluding hydrogens is 508 g/mol. The summed E-state index contributed by atoms with van der Waals surface area (Å²) in [5, 5.41) is 0.726. The number of halogens is 3. The number of nitrogens with zero attached hydrogens (tertiary/aromatic N) is 1. The molecule has 6 heteroatoms. The number of aryl methyl sites for hydroxylation is 1. The van der Waals surface area contributed by atoms with Gasteiger partial charge >= 0.3 is 0 Å². The molecule has 0 aliphatic heterocycles. The summed E-state index contributed by atoms with van der Waals surface area (Å²) in [5.41, 5.74) is 6.98. The van der Waals surface area contributed by atoms with Crippen molar-refractivity contribution >= 4 is 29.5 Å². The van der Waals surface area contributed by atoms with Gasteiger partial charge in [-0.15, -0.1) is 0 Å². The Hall–Kier alpha value is -3.18. The van der Waals surface area contributed by atoms with Crippen LogP contribution in [-0.2, 0) is 13.2 Å². The van der Waals surface area contributed by atoms with Gasteiger partial charge in [0.2, 0.25) is 0 Å². The van der Waals surface area contributed by atoms with Gasteiger partial charge < -0.3 is 9.64 Å². The van der Waals surface area contributed by atoms with Crippen molar-refractivity contribution in [3.05, 3.63) is 110 Å². The minimum Gasteiger partial charge on any atom is -0.487 e. The Bertz CT molecular complexity index is 1450. The van der Waals surface area contributed by atoms with Gasteiger partial charge in [-0.25, -0.2) is 4.39 Å². The molecular formula is C31H28Cl2FNO2. The van der Waals surface area contributed by atoms with Crippen molar-refractivity contribution in [3.63, 3.8) is 0 Å². The fourth-order valence-corrected chi connectivity index (χ4v) is 4.94. The molecule has 4 rings (SSSR count). The second-order valence-corrected chi connectivity index (χ2v) is 10.1. The average Bonchev–Trinajstić information content (AvgIpc) is 2.86. The van der Waals surface area contributed by atoms with E-state index in [1.807, 2.05) is 58.3 Å². The lowest BCUT2D eigenvalue weighted by Gasteiger charge is -2.17. The number of rotatable bonds is 8. The zero-order valence-electron chi connectivity index (χ0n) is 21.2. The minimum atomic E-state index is -0.387. The van der Waals surface area contributed by atoms with Crippen molar-refractivity contribution in [1.82, 2.24) is 4.90 Å². The normalized spacial score (nSPS) is 11.1. The molecule has 0 heterocycles. The van der Waals surface area contributed by atoms with Crippen LogP contribution in [0.3, 0.4) is 0 Å². The first kappa shape index (κ1) is 26.9. The van der Waals surface area contributed by atoms with Crippen LogP contribution in [0.5, 0.6) is 5.75 Å². The molecule has 0 N–H and O–H groups in total. The molecule has 0 bridgehead atoms. The molecule has 0 unspecified atom stereocenters. The van der Waals surface area contributed by atoms with Crippen molar-refractivity contribution < 1.29 is 13.9 Å². The van der Waals surface area contributed by atoms with E-state index in [0.717, 1.165) is 40.6 Å². The molecule has 0 aliphatic carbocycles. The van der Waals surface area contributed by atoms with Crippen LogP contribution >= 0.6 is 23.2 Å². The third-order valence-electron chi connectivity index (χ3n) is 6.40. The lowest BCUT2D eigenvalue weighted by Crippen LogP contribution is -2.10. The van der Waals surface area contributed by atoms with Crippen molar-refractivity contribution in [2.75, 3.05) is 14.1 Å². The number of benzene rings is 4. The van der Waals surface area contributed by atoms with Crippen LogP contribution in [0.2, 0.25) is 10.0 Å². The molecule has 0 amide bonds. The number of ether oxygens (including phenoxy) is 1. The second-order valence-electron chi connectivity index (χ2n) is 9.35. The number of carbonyl (C=O) groups is 1. The molecule has 0 aromatic heterocycles. The lowest BCUT2D eigenvalue weighted by atomic mass is 9.93. The maximum atomic E-state index is 15.2. The molecule has 0 fully saturated rings. The Morgan fingerprint density at radius 1 is 0.946 bits per heavy atom. The third kappa shape index (κ3) is 5.88. The van der Waals surface area contributed by atoms with Gasteiger partial charge in [-0.05, 0) is 85.6 Å². The highest BCUT2D eigenvalue weighted by Crippen LogP contribution is 2.40. The Labute approximate surface area is 227 Å². The fraction of sp³-hybridized carbons (Fsp3) is 0.194. The maximum Gasteiger partial charge on any atom is 0.150 e. The van der Waals surface area contributed by atoms with Crippen LogP contribution in [0.25, 0.3) is 22.3 Å². The Morgan fingerprint density at radius 3 is 2.35 bits per heavy atom. The van der Waals surface area contributed by atoms with Crippen LogP contribution in [0.4, 0.5) is 4.39 Å². The van der Waals surface area contributed by atoms with Crippen molar-refractivity contribution in [2.24, 2.45) is 0 Å². The standard InChI is InChI=1S/C31H28Cl2FNO2/c1-19-14-29(27(32)15-24(19)17-36)37-18-23-6-5-7-25(20(23)2)30-28(34)13-12-26(31(30)33)22-10-8-21(9-11-22)16-35(3)4/h5-15,17H,16,18H2,1-4H3.